The Morgan fingerprint density at radius 1 is 0.345 bits per heavy atom. The highest BCUT2D eigenvalue weighted by atomic mass is 15.1. The molecule has 0 N–H and O–H groups in total. The summed E-state index contributed by atoms with van der Waals surface area (Å²) in [5.74, 6) is 0. The van der Waals surface area contributed by atoms with Crippen LogP contribution in [0.2, 0.25) is 0 Å². The van der Waals surface area contributed by atoms with Gasteiger partial charge in [0.25, 0.3) is 0 Å². The van der Waals surface area contributed by atoms with Gasteiger partial charge in [-0.2, -0.15) is 0 Å². The molecule has 0 atom stereocenters. The number of aromatic nitrogens is 3. The molecule has 8 aromatic carbocycles. The summed E-state index contributed by atoms with van der Waals surface area (Å²) in [5, 5.41) is 6.19. The molecule has 0 bridgehead atoms. The van der Waals surface area contributed by atoms with Crippen molar-refractivity contribution in [3.05, 3.63) is 206 Å². The molecule has 0 aliphatic heterocycles. The van der Waals surface area contributed by atoms with Gasteiger partial charge < -0.3 is 18.6 Å². The molecular formula is C51H36N4. The maximum atomic E-state index is 2.44. The molecule has 0 unspecified atom stereocenters. The number of anilines is 3. The molecule has 0 amide bonds. The Labute approximate surface area is 319 Å². The molecule has 3 aromatic heterocycles. The van der Waals surface area contributed by atoms with E-state index in [0.717, 1.165) is 28.4 Å². The van der Waals surface area contributed by atoms with Crippen LogP contribution in [-0.2, 0) is 0 Å². The van der Waals surface area contributed by atoms with Gasteiger partial charge in [0.05, 0.1) is 27.6 Å². The van der Waals surface area contributed by atoms with Crippen molar-refractivity contribution >= 4 is 71.6 Å². The first-order valence-corrected chi connectivity index (χ1v) is 18.9. The van der Waals surface area contributed by atoms with Crippen molar-refractivity contribution in [2.75, 3.05) is 4.90 Å². The zero-order chi connectivity index (χ0) is 36.5. The lowest BCUT2D eigenvalue weighted by atomic mass is 10.1. The standard InChI is InChI=1S/C51H36N4/c1-35-20-22-39(23-21-35)54-48-18-10-9-17-43(48)46-34-41(28-30-50(46)54)53(37-14-6-3-7-15-37)38-24-26-40(27-25-38)55-49-19-11-8-16-42(49)44-29-31-47-45(51(44)55)32-33-52(47)36-12-4-2-5-13-36/h2-34H,1H3. The maximum Gasteiger partial charge on any atom is 0.0635 e. The summed E-state index contributed by atoms with van der Waals surface area (Å²) in [7, 11) is 0. The summed E-state index contributed by atoms with van der Waals surface area (Å²) in [5.41, 5.74) is 14.0. The highest BCUT2D eigenvalue weighted by Crippen LogP contribution is 2.41. The lowest BCUT2D eigenvalue weighted by Crippen LogP contribution is -2.10. The minimum absolute atomic E-state index is 1.10. The van der Waals surface area contributed by atoms with Crippen LogP contribution in [0.25, 0.3) is 71.6 Å². The summed E-state index contributed by atoms with van der Waals surface area (Å²) in [6.07, 6.45) is 2.19. The van der Waals surface area contributed by atoms with Crippen LogP contribution in [0.1, 0.15) is 5.56 Å². The van der Waals surface area contributed by atoms with Crippen molar-refractivity contribution < 1.29 is 0 Å². The van der Waals surface area contributed by atoms with Crippen LogP contribution < -0.4 is 4.90 Å². The van der Waals surface area contributed by atoms with E-state index in [4.69, 9.17) is 0 Å². The summed E-state index contributed by atoms with van der Waals surface area (Å²) < 4.78 is 7.10. The summed E-state index contributed by atoms with van der Waals surface area (Å²) in [6.45, 7) is 2.14. The minimum atomic E-state index is 1.10. The van der Waals surface area contributed by atoms with Crippen LogP contribution in [0.3, 0.4) is 0 Å². The third kappa shape index (κ3) is 4.92. The SMILES string of the molecule is Cc1ccc(-n2c3ccccc3c3cc(N(c4ccccc4)c4ccc(-n5c6ccccc6c6ccc7c(ccn7-c7ccccc7)c65)cc4)ccc32)cc1. The van der Waals surface area contributed by atoms with E-state index in [-0.39, 0.29) is 0 Å². The van der Waals surface area contributed by atoms with Crippen LogP contribution in [0.5, 0.6) is 0 Å². The molecule has 0 aliphatic carbocycles. The van der Waals surface area contributed by atoms with Gasteiger partial charge in [0, 0.05) is 67.3 Å². The second-order valence-corrected chi connectivity index (χ2v) is 14.3. The van der Waals surface area contributed by atoms with Crippen molar-refractivity contribution in [1.82, 2.24) is 13.7 Å². The smallest absolute Gasteiger partial charge is 0.0635 e. The van der Waals surface area contributed by atoms with Crippen LogP contribution in [-0.4, -0.2) is 13.7 Å². The quantitative estimate of drug-likeness (QED) is 0.168. The highest BCUT2D eigenvalue weighted by molar-refractivity contribution is 6.18. The summed E-state index contributed by atoms with van der Waals surface area (Å²) in [4.78, 5) is 2.37. The Bertz CT molecular complexity index is 3180. The van der Waals surface area contributed by atoms with E-state index in [0.29, 0.717) is 0 Å². The number of hydrogen-bond acceptors (Lipinski definition) is 1. The van der Waals surface area contributed by atoms with Gasteiger partial charge in [0.1, 0.15) is 0 Å². The van der Waals surface area contributed by atoms with Crippen LogP contribution in [0.4, 0.5) is 17.1 Å². The van der Waals surface area contributed by atoms with Crippen LogP contribution in [0.15, 0.2) is 200 Å². The van der Waals surface area contributed by atoms with E-state index < -0.39 is 0 Å². The van der Waals surface area contributed by atoms with Crippen molar-refractivity contribution in [2.45, 2.75) is 6.92 Å². The Balaban J connectivity index is 1.08. The molecule has 260 valence electrons. The van der Waals surface area contributed by atoms with Crippen LogP contribution in [0, 0.1) is 6.92 Å². The lowest BCUT2D eigenvalue weighted by molar-refractivity contribution is 1.13. The number of fused-ring (bicyclic) bond motifs is 8. The predicted molar refractivity (Wildman–Crippen MR) is 231 cm³/mol. The first kappa shape index (κ1) is 31.2. The number of nitrogens with zero attached hydrogens (tertiary/aromatic N) is 4. The molecule has 4 nitrogen and oxygen atoms in total. The Morgan fingerprint density at radius 3 is 1.64 bits per heavy atom. The third-order valence-electron chi connectivity index (χ3n) is 11.1. The normalized spacial score (nSPS) is 11.7. The molecule has 0 saturated carbocycles. The maximum absolute atomic E-state index is 2.44. The van der Waals surface area contributed by atoms with E-state index >= 15 is 0 Å². The first-order valence-electron chi connectivity index (χ1n) is 18.9. The van der Waals surface area contributed by atoms with Gasteiger partial charge in [-0.05, 0) is 110 Å². The van der Waals surface area contributed by atoms with Gasteiger partial charge in [0.15, 0.2) is 0 Å². The van der Waals surface area contributed by atoms with Crippen molar-refractivity contribution in [2.24, 2.45) is 0 Å². The van der Waals surface area contributed by atoms with Crippen molar-refractivity contribution in [1.29, 1.82) is 0 Å². The molecule has 11 rings (SSSR count). The molecule has 0 fully saturated rings. The average Bonchev–Trinajstić information content (AvgIpc) is 3.93. The molecule has 4 heteroatoms. The number of hydrogen-bond donors (Lipinski definition) is 0. The monoisotopic (exact) mass is 704 g/mol. The Kier molecular flexibility index (Phi) is 7.04. The number of aryl methyl sites for hydroxylation is 1. The Hall–Kier alpha value is -7.30. The zero-order valence-electron chi connectivity index (χ0n) is 30.3. The van der Waals surface area contributed by atoms with Gasteiger partial charge in [-0.1, -0.05) is 96.6 Å². The number of rotatable bonds is 6. The van der Waals surface area contributed by atoms with Gasteiger partial charge in [-0.25, -0.2) is 0 Å². The Morgan fingerprint density at radius 2 is 0.891 bits per heavy atom. The predicted octanol–water partition coefficient (Wildman–Crippen LogP) is 13.6. The van der Waals surface area contributed by atoms with E-state index in [1.165, 1.54) is 65.8 Å². The third-order valence-corrected chi connectivity index (χ3v) is 11.1. The number of para-hydroxylation sites is 4. The fraction of sp³-hybridized carbons (Fsp3) is 0.0196. The highest BCUT2D eigenvalue weighted by Gasteiger charge is 2.20. The van der Waals surface area contributed by atoms with E-state index in [1.807, 2.05) is 0 Å². The lowest BCUT2D eigenvalue weighted by Gasteiger charge is -2.26. The second kappa shape index (κ2) is 12.4. The molecule has 3 heterocycles. The molecular weight excluding hydrogens is 669 g/mol. The summed E-state index contributed by atoms with van der Waals surface area (Å²) >= 11 is 0. The second-order valence-electron chi connectivity index (χ2n) is 14.3. The van der Waals surface area contributed by atoms with Gasteiger partial charge in [-0.3, -0.25) is 0 Å². The molecule has 0 saturated heterocycles. The topological polar surface area (TPSA) is 18.0 Å². The molecule has 55 heavy (non-hydrogen) atoms. The minimum Gasteiger partial charge on any atom is -0.316 e. The fourth-order valence-corrected chi connectivity index (χ4v) is 8.61. The zero-order valence-corrected chi connectivity index (χ0v) is 30.3. The van der Waals surface area contributed by atoms with E-state index in [1.54, 1.807) is 0 Å². The summed E-state index contributed by atoms with van der Waals surface area (Å²) in [6, 6.07) is 70.3. The van der Waals surface area contributed by atoms with Gasteiger partial charge in [-0.15, -0.1) is 0 Å². The van der Waals surface area contributed by atoms with Gasteiger partial charge >= 0.3 is 0 Å². The van der Waals surface area contributed by atoms with E-state index in [2.05, 4.69) is 226 Å². The first-order chi connectivity index (χ1) is 27.2. The fourth-order valence-electron chi connectivity index (χ4n) is 8.61. The average molecular weight is 705 g/mol. The van der Waals surface area contributed by atoms with Gasteiger partial charge in [0.2, 0.25) is 0 Å². The molecule has 0 spiro atoms. The number of benzene rings is 8. The van der Waals surface area contributed by atoms with Crippen molar-refractivity contribution in [3.8, 4) is 17.1 Å². The largest absolute Gasteiger partial charge is 0.316 e. The molecule has 11 aromatic rings. The van der Waals surface area contributed by atoms with Crippen molar-refractivity contribution in [3.63, 3.8) is 0 Å². The molecule has 0 aliphatic rings. The molecule has 0 radical (unpaired) electrons. The van der Waals surface area contributed by atoms with Crippen LogP contribution >= 0.6 is 0 Å². The van der Waals surface area contributed by atoms with E-state index in [9.17, 15) is 0 Å².